The zero-order valence-corrected chi connectivity index (χ0v) is 18.8. The quantitative estimate of drug-likeness (QED) is 0.266. The van der Waals surface area contributed by atoms with Gasteiger partial charge in [0.05, 0.1) is 17.2 Å². The molecule has 0 aliphatic heterocycles. The smallest absolute Gasteiger partial charge is 0.191 e. The van der Waals surface area contributed by atoms with Crippen LogP contribution in [0.15, 0.2) is 34.8 Å². The number of H-pyrrole nitrogens is 1. The molecule has 3 rings (SSSR count). The highest BCUT2D eigenvalue weighted by atomic mass is 127. The number of benzene rings is 1. The molecule has 5 nitrogen and oxygen atoms in total. The fourth-order valence-corrected chi connectivity index (χ4v) is 3.58. The van der Waals surface area contributed by atoms with Crippen molar-refractivity contribution in [3.63, 3.8) is 0 Å². The van der Waals surface area contributed by atoms with Gasteiger partial charge in [-0.05, 0) is 30.2 Å². The minimum absolute atomic E-state index is 0. The molecule has 0 radical (unpaired) electrons. The fourth-order valence-electron chi connectivity index (χ4n) is 2.74. The maximum atomic E-state index is 13.3. The minimum Gasteiger partial charge on any atom is -0.361 e. The van der Waals surface area contributed by atoms with Crippen molar-refractivity contribution in [1.29, 1.82) is 0 Å². The van der Waals surface area contributed by atoms with E-state index in [4.69, 9.17) is 0 Å². The van der Waals surface area contributed by atoms with Crippen LogP contribution in [0, 0.1) is 5.82 Å². The molecular formula is C19H25FIN5S. The van der Waals surface area contributed by atoms with Crippen LogP contribution in [0.25, 0.3) is 10.9 Å². The maximum Gasteiger partial charge on any atom is 0.191 e. The van der Waals surface area contributed by atoms with E-state index in [0.717, 1.165) is 46.1 Å². The van der Waals surface area contributed by atoms with Gasteiger partial charge in [-0.1, -0.05) is 13.8 Å². The second-order valence-electron chi connectivity index (χ2n) is 6.44. The summed E-state index contributed by atoms with van der Waals surface area (Å²) in [5, 5.41) is 10.9. The van der Waals surface area contributed by atoms with Gasteiger partial charge in [-0.3, -0.25) is 4.99 Å². The van der Waals surface area contributed by atoms with Gasteiger partial charge in [0, 0.05) is 42.0 Å². The van der Waals surface area contributed by atoms with Crippen LogP contribution < -0.4 is 10.6 Å². The number of hydrogen-bond donors (Lipinski definition) is 3. The molecule has 2 heterocycles. The summed E-state index contributed by atoms with van der Waals surface area (Å²) >= 11 is 1.69. The molecule has 0 saturated carbocycles. The monoisotopic (exact) mass is 501 g/mol. The standard InChI is InChI=1S/C19H24FN5S.HI/c1-12(2)18-25-15(11-26-18)10-24-19(21-3)22-7-6-13-9-23-17-8-14(20)4-5-16(13)17;/h4-5,8-9,11-12,23H,6-7,10H2,1-3H3,(H2,21,22,24);1H. The van der Waals surface area contributed by atoms with E-state index in [2.05, 4.69) is 44.8 Å². The van der Waals surface area contributed by atoms with Crippen molar-refractivity contribution in [3.8, 4) is 0 Å². The number of aromatic amines is 1. The van der Waals surface area contributed by atoms with E-state index in [1.807, 2.05) is 12.3 Å². The van der Waals surface area contributed by atoms with E-state index in [-0.39, 0.29) is 29.8 Å². The van der Waals surface area contributed by atoms with Crippen molar-refractivity contribution < 1.29 is 4.39 Å². The van der Waals surface area contributed by atoms with Crippen LogP contribution in [0.3, 0.4) is 0 Å². The normalized spacial score (nSPS) is 11.7. The summed E-state index contributed by atoms with van der Waals surface area (Å²) in [6.45, 7) is 5.68. The van der Waals surface area contributed by atoms with Crippen molar-refractivity contribution in [2.75, 3.05) is 13.6 Å². The van der Waals surface area contributed by atoms with Gasteiger partial charge in [-0.25, -0.2) is 9.37 Å². The summed E-state index contributed by atoms with van der Waals surface area (Å²) in [6.07, 6.45) is 2.76. The maximum absolute atomic E-state index is 13.3. The molecule has 3 N–H and O–H groups in total. The Hall–Kier alpha value is -1.68. The van der Waals surface area contributed by atoms with Gasteiger partial charge in [-0.2, -0.15) is 0 Å². The van der Waals surface area contributed by atoms with E-state index in [1.165, 1.54) is 12.1 Å². The van der Waals surface area contributed by atoms with Crippen LogP contribution in [0.4, 0.5) is 4.39 Å². The molecular weight excluding hydrogens is 476 g/mol. The molecule has 2 aromatic heterocycles. The second-order valence-corrected chi connectivity index (χ2v) is 7.33. The Morgan fingerprint density at radius 2 is 2.15 bits per heavy atom. The molecule has 0 aliphatic carbocycles. The lowest BCUT2D eigenvalue weighted by Gasteiger charge is -2.10. The highest BCUT2D eigenvalue weighted by molar-refractivity contribution is 14.0. The van der Waals surface area contributed by atoms with Gasteiger partial charge in [0.1, 0.15) is 5.82 Å². The van der Waals surface area contributed by atoms with Gasteiger partial charge >= 0.3 is 0 Å². The third kappa shape index (κ3) is 5.65. The van der Waals surface area contributed by atoms with Crippen LogP contribution in [-0.2, 0) is 13.0 Å². The number of thiazole rings is 1. The lowest BCUT2D eigenvalue weighted by Crippen LogP contribution is -2.37. The van der Waals surface area contributed by atoms with Crippen molar-refractivity contribution in [2.24, 2.45) is 4.99 Å². The molecule has 0 saturated heterocycles. The van der Waals surface area contributed by atoms with Crippen molar-refractivity contribution >= 4 is 52.2 Å². The molecule has 8 heteroatoms. The zero-order chi connectivity index (χ0) is 18.5. The molecule has 0 unspecified atom stereocenters. The number of guanidine groups is 1. The van der Waals surface area contributed by atoms with Crippen molar-refractivity contribution in [2.45, 2.75) is 32.7 Å². The van der Waals surface area contributed by atoms with Gasteiger partial charge in [-0.15, -0.1) is 35.3 Å². The zero-order valence-electron chi connectivity index (χ0n) is 15.7. The van der Waals surface area contributed by atoms with E-state index in [1.54, 1.807) is 18.4 Å². The fraction of sp³-hybridized carbons (Fsp3) is 0.368. The van der Waals surface area contributed by atoms with Gasteiger partial charge in [0.2, 0.25) is 0 Å². The molecule has 0 atom stereocenters. The largest absolute Gasteiger partial charge is 0.361 e. The van der Waals surface area contributed by atoms with E-state index >= 15 is 0 Å². The first-order valence-corrected chi connectivity index (χ1v) is 9.59. The van der Waals surface area contributed by atoms with E-state index < -0.39 is 0 Å². The third-order valence-corrected chi connectivity index (χ3v) is 5.33. The summed E-state index contributed by atoms with van der Waals surface area (Å²) in [5.74, 6) is 0.974. The van der Waals surface area contributed by atoms with Gasteiger partial charge in [0.15, 0.2) is 5.96 Å². The number of nitrogens with one attached hydrogen (secondary N) is 3. The number of hydrogen-bond acceptors (Lipinski definition) is 3. The topological polar surface area (TPSA) is 65.1 Å². The Balaban J connectivity index is 0.00000261. The SMILES string of the molecule is CN=C(NCCc1c[nH]c2cc(F)ccc12)NCc1csc(C(C)C)n1.I. The predicted octanol–water partition coefficient (Wildman–Crippen LogP) is 4.41. The number of aromatic nitrogens is 2. The molecule has 27 heavy (non-hydrogen) atoms. The highest BCUT2D eigenvalue weighted by Gasteiger charge is 2.07. The van der Waals surface area contributed by atoms with Gasteiger partial charge in [0.25, 0.3) is 0 Å². The number of rotatable bonds is 6. The third-order valence-electron chi connectivity index (χ3n) is 4.14. The van der Waals surface area contributed by atoms with Crippen LogP contribution >= 0.6 is 35.3 Å². The van der Waals surface area contributed by atoms with E-state index in [9.17, 15) is 4.39 Å². The average molecular weight is 501 g/mol. The lowest BCUT2D eigenvalue weighted by molar-refractivity contribution is 0.629. The highest BCUT2D eigenvalue weighted by Crippen LogP contribution is 2.20. The molecule has 0 bridgehead atoms. The van der Waals surface area contributed by atoms with Crippen LogP contribution in [0.5, 0.6) is 0 Å². The molecule has 0 spiro atoms. The summed E-state index contributed by atoms with van der Waals surface area (Å²) in [7, 11) is 1.75. The average Bonchev–Trinajstić information content (AvgIpc) is 3.25. The first kappa shape index (κ1) is 21.6. The minimum atomic E-state index is -0.226. The molecule has 1 aromatic carbocycles. The van der Waals surface area contributed by atoms with Crippen molar-refractivity contribution in [3.05, 3.63) is 51.9 Å². The van der Waals surface area contributed by atoms with Gasteiger partial charge < -0.3 is 15.6 Å². The molecule has 0 fully saturated rings. The molecule has 0 aliphatic rings. The van der Waals surface area contributed by atoms with Crippen LogP contribution in [0.1, 0.15) is 36.0 Å². The van der Waals surface area contributed by atoms with Crippen LogP contribution in [-0.4, -0.2) is 29.5 Å². The predicted molar refractivity (Wildman–Crippen MR) is 122 cm³/mol. The first-order chi connectivity index (χ1) is 12.6. The lowest BCUT2D eigenvalue weighted by atomic mass is 10.1. The number of nitrogens with zero attached hydrogens (tertiary/aromatic N) is 2. The Labute approximate surface area is 179 Å². The Kier molecular flexibility index (Phi) is 8.03. The Bertz CT molecular complexity index is 903. The van der Waals surface area contributed by atoms with E-state index in [0.29, 0.717) is 12.5 Å². The summed E-state index contributed by atoms with van der Waals surface area (Å²) < 4.78 is 13.3. The summed E-state index contributed by atoms with van der Waals surface area (Å²) in [6, 6.07) is 4.83. The Morgan fingerprint density at radius 1 is 1.33 bits per heavy atom. The second kappa shape index (κ2) is 10.0. The first-order valence-electron chi connectivity index (χ1n) is 8.71. The number of halogens is 2. The van der Waals surface area contributed by atoms with Crippen molar-refractivity contribution in [1.82, 2.24) is 20.6 Å². The number of aliphatic imine (C=N–C) groups is 1. The summed E-state index contributed by atoms with van der Waals surface area (Å²) in [5.41, 5.74) is 3.01. The molecule has 0 amide bonds. The van der Waals surface area contributed by atoms with Crippen LogP contribution in [0.2, 0.25) is 0 Å². The molecule has 3 aromatic rings. The Morgan fingerprint density at radius 3 is 2.85 bits per heavy atom. The summed E-state index contributed by atoms with van der Waals surface area (Å²) in [4.78, 5) is 12.0. The molecule has 146 valence electrons. The number of fused-ring (bicyclic) bond motifs is 1.